The van der Waals surface area contributed by atoms with E-state index in [0.717, 1.165) is 0 Å². The van der Waals surface area contributed by atoms with Crippen molar-refractivity contribution in [2.45, 2.75) is 30.0 Å². The maximum Gasteiger partial charge on any atom is 0.279 e. The summed E-state index contributed by atoms with van der Waals surface area (Å²) in [6, 6.07) is 7.07. The van der Waals surface area contributed by atoms with Gasteiger partial charge < -0.3 is 31.1 Å². The second-order valence-electron chi connectivity index (χ2n) is 11.6. The number of benzene rings is 2. The summed E-state index contributed by atoms with van der Waals surface area (Å²) in [7, 11) is 6.54. The van der Waals surface area contributed by atoms with Gasteiger partial charge in [0.2, 0.25) is 5.78 Å². The monoisotopic (exact) mass is 610 g/mol. The molecule has 0 aliphatic heterocycles. The van der Waals surface area contributed by atoms with Crippen molar-refractivity contribution in [2.75, 3.05) is 33.1 Å². The summed E-state index contributed by atoms with van der Waals surface area (Å²) in [5.74, 6) is -7.02. The van der Waals surface area contributed by atoms with E-state index in [4.69, 9.17) is 22.9 Å². The van der Waals surface area contributed by atoms with Gasteiger partial charge in [0.25, 0.3) is 5.91 Å². The number of hydrogen-bond donors (Lipinski definition) is 7. The molecule has 4 atom stereocenters. The maximum absolute atomic E-state index is 14.3. The van der Waals surface area contributed by atoms with Crippen LogP contribution in [0.2, 0.25) is 5.02 Å². The number of likely N-dealkylation sites (N-methyl/N-ethyl adjacent to an activating group) is 1. The third-order valence-corrected chi connectivity index (χ3v) is 8.87. The number of anilines is 1. The van der Waals surface area contributed by atoms with Crippen molar-refractivity contribution in [2.24, 2.45) is 16.9 Å². The number of ketones is 2. The molecule has 5 rings (SSSR count). The lowest BCUT2D eigenvalue weighted by atomic mass is 9.55. The number of amides is 1. The van der Waals surface area contributed by atoms with Crippen molar-refractivity contribution in [1.29, 1.82) is 5.53 Å². The Labute approximate surface area is 251 Å². The fourth-order valence-corrected chi connectivity index (χ4v) is 6.86. The van der Waals surface area contributed by atoms with Gasteiger partial charge in [0.15, 0.2) is 11.4 Å². The molecule has 0 unspecified atom stereocenters. The number of phenolic OH excluding ortho intramolecular Hbond substituents is 1. The molecule has 1 fully saturated rings. The van der Waals surface area contributed by atoms with Crippen molar-refractivity contribution in [1.82, 2.24) is 10.3 Å². The zero-order valence-electron chi connectivity index (χ0n) is 23.8. The summed E-state index contributed by atoms with van der Waals surface area (Å²) >= 11 is 6.05. The molecule has 1 saturated carbocycles. The van der Waals surface area contributed by atoms with Gasteiger partial charge in [-0.3, -0.25) is 19.3 Å². The van der Waals surface area contributed by atoms with Crippen molar-refractivity contribution in [3.05, 3.63) is 63.4 Å². The van der Waals surface area contributed by atoms with Crippen molar-refractivity contribution < 1.29 is 34.8 Å². The van der Waals surface area contributed by atoms with Gasteiger partial charge in [-0.25, -0.2) is 5.43 Å². The average Bonchev–Trinajstić information content (AvgIpc) is 2.91. The van der Waals surface area contributed by atoms with Crippen molar-refractivity contribution in [3.8, 4) is 16.9 Å². The molecule has 0 heterocycles. The Morgan fingerprint density at radius 2 is 1.77 bits per heavy atom. The van der Waals surface area contributed by atoms with Gasteiger partial charge in [0, 0.05) is 36.3 Å². The first-order valence-electron chi connectivity index (χ1n) is 13.2. The number of aromatic hydroxyl groups is 1. The van der Waals surface area contributed by atoms with Crippen LogP contribution in [-0.2, 0) is 20.8 Å². The number of nitrogens with one attached hydrogen (secondary N) is 2. The van der Waals surface area contributed by atoms with Crippen LogP contribution in [0.4, 0.5) is 5.69 Å². The van der Waals surface area contributed by atoms with Gasteiger partial charge in [0.1, 0.15) is 22.8 Å². The Bertz CT molecular complexity index is 1670. The molecule has 0 saturated heterocycles. The van der Waals surface area contributed by atoms with Crippen LogP contribution < -0.4 is 16.1 Å². The fraction of sp³-hybridized carbons (Fsp3) is 0.345. The molecule has 0 aromatic heterocycles. The molecule has 0 bridgehead atoms. The zero-order chi connectivity index (χ0) is 31.8. The smallest absolute Gasteiger partial charge is 0.279 e. The van der Waals surface area contributed by atoms with Gasteiger partial charge in [-0.05, 0) is 56.3 Å². The minimum Gasteiger partial charge on any atom is -0.508 e. The van der Waals surface area contributed by atoms with Crippen LogP contribution in [0.3, 0.4) is 0 Å². The third kappa shape index (κ3) is 4.22. The van der Waals surface area contributed by atoms with Gasteiger partial charge in [-0.1, -0.05) is 29.0 Å². The number of aliphatic hydroxyl groups is 3. The summed E-state index contributed by atoms with van der Waals surface area (Å²) in [5, 5.41) is 49.6. The molecule has 3 aliphatic carbocycles. The summed E-state index contributed by atoms with van der Waals surface area (Å²) in [4.78, 5) is 43.7. The summed E-state index contributed by atoms with van der Waals surface area (Å²) in [6.45, 7) is 0. The van der Waals surface area contributed by atoms with Gasteiger partial charge in [-0.2, -0.15) is 5.53 Å². The number of aliphatic hydroxyl groups excluding tert-OH is 2. The topological polar surface area (TPSA) is 213 Å². The van der Waals surface area contributed by atoms with Crippen LogP contribution in [0.1, 0.15) is 17.5 Å². The molecule has 14 heteroatoms. The van der Waals surface area contributed by atoms with Gasteiger partial charge in [0.05, 0.1) is 22.7 Å². The van der Waals surface area contributed by atoms with Crippen LogP contribution in [-0.4, -0.2) is 88.2 Å². The summed E-state index contributed by atoms with van der Waals surface area (Å²) < 4.78 is 0. The molecule has 43 heavy (non-hydrogen) atoms. The van der Waals surface area contributed by atoms with E-state index >= 15 is 0 Å². The molecule has 0 radical (unpaired) electrons. The summed E-state index contributed by atoms with van der Waals surface area (Å²) in [6.07, 6.45) is -0.344. The molecule has 3 aliphatic rings. The lowest BCUT2D eigenvalue weighted by Crippen LogP contribution is -2.70. The van der Waals surface area contributed by atoms with E-state index in [-0.39, 0.29) is 24.2 Å². The Morgan fingerprint density at radius 1 is 1.14 bits per heavy atom. The number of nitrogens with two attached hydrogens (primary N) is 1. The normalized spacial score (nSPS) is 26.6. The molecule has 2 aromatic rings. The number of hydrogen-bond acceptors (Lipinski definition) is 12. The molecule has 2 aromatic carbocycles. The molecule has 226 valence electrons. The molecule has 1 amide bonds. The second kappa shape index (κ2) is 10.2. The molecule has 13 nitrogen and oxygen atoms in total. The first kappa shape index (κ1) is 30.2. The number of Topliss-reactive ketones (excluding diaryl/α,β-unsaturated/α-hetero) is 2. The first-order chi connectivity index (χ1) is 20.1. The van der Waals surface area contributed by atoms with E-state index in [1.54, 1.807) is 54.8 Å². The van der Waals surface area contributed by atoms with E-state index in [2.05, 4.69) is 5.22 Å². The Morgan fingerprint density at radius 3 is 2.33 bits per heavy atom. The minimum atomic E-state index is -2.85. The largest absolute Gasteiger partial charge is 0.508 e. The highest BCUT2D eigenvalue weighted by atomic mass is 35.5. The third-order valence-electron chi connectivity index (χ3n) is 8.61. The molecule has 8 N–H and O–H groups in total. The number of rotatable bonds is 5. The number of halogens is 1. The Hall–Kier alpha value is -4.30. The van der Waals surface area contributed by atoms with Crippen molar-refractivity contribution in [3.63, 3.8) is 0 Å². The van der Waals surface area contributed by atoms with E-state index in [0.29, 0.717) is 27.4 Å². The predicted molar refractivity (Wildman–Crippen MR) is 157 cm³/mol. The highest BCUT2D eigenvalue weighted by Gasteiger charge is 2.67. The molecule has 0 spiro atoms. The first-order valence-corrected chi connectivity index (χ1v) is 13.6. The highest BCUT2D eigenvalue weighted by Crippen LogP contribution is 2.55. The summed E-state index contributed by atoms with van der Waals surface area (Å²) in [5.41, 5.74) is 11.5. The Balaban J connectivity index is 1.80. The number of nitrogens with zero attached hydrogens (tertiary/aromatic N) is 3. The van der Waals surface area contributed by atoms with Crippen molar-refractivity contribution >= 4 is 40.5 Å². The lowest BCUT2D eigenvalue weighted by molar-refractivity contribution is -0.154. The number of phenols is 1. The van der Waals surface area contributed by atoms with E-state index in [9.17, 15) is 34.8 Å². The lowest BCUT2D eigenvalue weighted by Gasteiger charge is -2.53. The van der Waals surface area contributed by atoms with Crippen LogP contribution in [0.15, 0.2) is 52.5 Å². The molecular formula is C29H31ClN6O7. The van der Waals surface area contributed by atoms with E-state index in [1.807, 2.05) is 0 Å². The zero-order valence-corrected chi connectivity index (χ0v) is 24.5. The molecular weight excluding hydrogens is 580 g/mol. The fourth-order valence-electron chi connectivity index (χ4n) is 6.73. The van der Waals surface area contributed by atoms with Crippen LogP contribution >= 0.6 is 11.6 Å². The maximum atomic E-state index is 14.3. The standard InChI is InChI=1S/C29H31ClN6O7/c1-35(2)17-9-14(12-5-7-13(30)8-6-12)22(37)18-15(17)10-28(31)11-16-21(36(3)4)24(39)19(27(42)33-34-32)25(40)29(16,43)26(41)20(28)23(18)38/h5-9,16,21,37-38,40,43H,10-11,31H2,1-4H3,(H2,32,33,42)/t16-,21-,28+,29+/m0/s1. The number of carbonyl (C=O) groups excluding carboxylic acids is 3. The predicted octanol–water partition coefficient (Wildman–Crippen LogP) is 2.01. The highest BCUT2D eigenvalue weighted by molar-refractivity contribution is 6.30. The second-order valence-corrected chi connectivity index (χ2v) is 12.0. The van der Waals surface area contributed by atoms with E-state index in [1.165, 1.54) is 19.0 Å². The van der Waals surface area contributed by atoms with Crippen LogP contribution in [0.25, 0.3) is 16.9 Å². The van der Waals surface area contributed by atoms with E-state index < -0.39 is 63.2 Å². The van der Waals surface area contributed by atoms with Gasteiger partial charge >= 0.3 is 0 Å². The van der Waals surface area contributed by atoms with Crippen LogP contribution in [0, 0.1) is 11.4 Å². The number of fused-ring (bicyclic) bond motifs is 3. The SMILES string of the molecule is CN(C)c1cc(-c2ccc(Cl)cc2)c(O)c2c1C[C@@]1(N)C[C@H]3[C@H](N(C)C)C(=O)C(C(=O)NN=N)=C(O)[C@@]3(O)C(=O)C1=C2O. The average molecular weight is 611 g/mol. The number of carbonyl (C=O) groups is 3. The van der Waals surface area contributed by atoms with Crippen LogP contribution in [0.5, 0.6) is 5.75 Å². The van der Waals surface area contributed by atoms with Gasteiger partial charge in [-0.15, -0.1) is 0 Å². The minimum absolute atomic E-state index is 0.0758. The quantitative estimate of drug-likeness (QED) is 0.148. The Kier molecular flexibility index (Phi) is 7.13.